The first kappa shape index (κ1) is 27.3. The number of rotatable bonds is 6. The Labute approximate surface area is 267 Å². The highest BCUT2D eigenvalue weighted by atomic mass is 15.0. The van der Waals surface area contributed by atoms with E-state index in [1.165, 1.54) is 10.8 Å². The van der Waals surface area contributed by atoms with Crippen molar-refractivity contribution < 1.29 is 0 Å². The molecule has 0 saturated carbocycles. The molecule has 8 aromatic rings. The number of aromatic nitrogens is 4. The third-order valence-corrected chi connectivity index (χ3v) is 8.15. The summed E-state index contributed by atoms with van der Waals surface area (Å²) in [6.45, 7) is 0. The van der Waals surface area contributed by atoms with Crippen LogP contribution in [0.4, 0.5) is 0 Å². The highest BCUT2D eigenvalue weighted by Gasteiger charge is 2.16. The van der Waals surface area contributed by atoms with Gasteiger partial charge in [0, 0.05) is 28.5 Å². The molecule has 0 atom stereocenters. The Hall–Kier alpha value is -6.26. The van der Waals surface area contributed by atoms with Crippen LogP contribution in [-0.2, 0) is 0 Å². The molecule has 8 rings (SSSR count). The molecular formula is C42H28N4. The number of nitrogens with zero attached hydrogens (tertiary/aromatic N) is 4. The van der Waals surface area contributed by atoms with E-state index in [2.05, 4.69) is 89.9 Å². The van der Waals surface area contributed by atoms with Gasteiger partial charge in [-0.2, -0.15) is 0 Å². The highest BCUT2D eigenvalue weighted by Crippen LogP contribution is 2.37. The van der Waals surface area contributed by atoms with Crippen LogP contribution in [0, 0.1) is 0 Å². The molecule has 0 aliphatic rings. The van der Waals surface area contributed by atoms with Gasteiger partial charge in [-0.25, -0.2) is 15.0 Å². The number of pyridine rings is 1. The van der Waals surface area contributed by atoms with E-state index in [-0.39, 0.29) is 0 Å². The average molecular weight is 589 g/mol. The fourth-order valence-corrected chi connectivity index (χ4v) is 5.89. The summed E-state index contributed by atoms with van der Waals surface area (Å²) in [5.74, 6) is 1.90. The van der Waals surface area contributed by atoms with E-state index < -0.39 is 0 Å². The molecule has 0 bridgehead atoms. The van der Waals surface area contributed by atoms with Crippen molar-refractivity contribution >= 4 is 10.8 Å². The van der Waals surface area contributed by atoms with Gasteiger partial charge in [0.1, 0.15) is 0 Å². The lowest BCUT2D eigenvalue weighted by Crippen LogP contribution is -2.00. The van der Waals surface area contributed by atoms with E-state index >= 15 is 0 Å². The van der Waals surface area contributed by atoms with E-state index in [1.807, 2.05) is 85.1 Å². The zero-order valence-electron chi connectivity index (χ0n) is 25.0. The van der Waals surface area contributed by atoms with Gasteiger partial charge in [-0.3, -0.25) is 4.98 Å². The number of hydrogen-bond acceptors (Lipinski definition) is 4. The Morgan fingerprint density at radius 1 is 0.326 bits per heavy atom. The monoisotopic (exact) mass is 588 g/mol. The Morgan fingerprint density at radius 3 is 1.57 bits per heavy atom. The van der Waals surface area contributed by atoms with Crippen LogP contribution < -0.4 is 0 Å². The zero-order valence-corrected chi connectivity index (χ0v) is 25.0. The molecule has 0 saturated heterocycles. The van der Waals surface area contributed by atoms with E-state index in [0.29, 0.717) is 17.5 Å². The van der Waals surface area contributed by atoms with Crippen LogP contribution in [0.1, 0.15) is 0 Å². The SMILES string of the molecule is c1ccc(-c2nc(-c3ccccc3)nc(-c3cc(-c4cccc(-c5ccccn5)c4)cc(-c4cccc5ccccc45)c3)n2)cc1. The minimum Gasteiger partial charge on any atom is -0.256 e. The van der Waals surface area contributed by atoms with Crippen LogP contribution >= 0.6 is 0 Å². The molecule has 0 amide bonds. The van der Waals surface area contributed by atoms with Crippen LogP contribution in [0.3, 0.4) is 0 Å². The normalized spacial score (nSPS) is 11.0. The molecule has 0 aliphatic heterocycles. The lowest BCUT2D eigenvalue weighted by Gasteiger charge is -2.14. The fourth-order valence-electron chi connectivity index (χ4n) is 5.89. The van der Waals surface area contributed by atoms with Crippen LogP contribution in [0.15, 0.2) is 170 Å². The molecule has 0 fully saturated rings. The van der Waals surface area contributed by atoms with E-state index in [0.717, 1.165) is 50.2 Å². The molecule has 4 nitrogen and oxygen atoms in total. The van der Waals surface area contributed by atoms with Gasteiger partial charge in [0.2, 0.25) is 0 Å². The lowest BCUT2D eigenvalue weighted by atomic mass is 9.92. The third-order valence-electron chi connectivity index (χ3n) is 8.15. The van der Waals surface area contributed by atoms with Crippen molar-refractivity contribution in [3.05, 3.63) is 170 Å². The Bertz CT molecular complexity index is 2240. The van der Waals surface area contributed by atoms with Crippen molar-refractivity contribution in [2.45, 2.75) is 0 Å². The summed E-state index contributed by atoms with van der Waals surface area (Å²) in [5.41, 5.74) is 9.21. The minimum absolute atomic E-state index is 0.622. The van der Waals surface area contributed by atoms with E-state index in [9.17, 15) is 0 Å². The molecule has 2 aromatic heterocycles. The van der Waals surface area contributed by atoms with Gasteiger partial charge in [-0.1, -0.05) is 127 Å². The largest absolute Gasteiger partial charge is 0.256 e. The average Bonchev–Trinajstić information content (AvgIpc) is 3.15. The van der Waals surface area contributed by atoms with Crippen molar-refractivity contribution in [2.24, 2.45) is 0 Å². The summed E-state index contributed by atoms with van der Waals surface area (Å²) in [4.78, 5) is 19.6. The predicted molar refractivity (Wildman–Crippen MR) is 188 cm³/mol. The maximum Gasteiger partial charge on any atom is 0.164 e. The second-order valence-corrected chi connectivity index (χ2v) is 11.2. The van der Waals surface area contributed by atoms with Gasteiger partial charge in [-0.15, -0.1) is 0 Å². The van der Waals surface area contributed by atoms with Crippen LogP contribution in [0.5, 0.6) is 0 Å². The smallest absolute Gasteiger partial charge is 0.164 e. The second kappa shape index (κ2) is 12.0. The molecule has 0 N–H and O–H groups in total. The van der Waals surface area contributed by atoms with Gasteiger partial charge in [-0.05, 0) is 69.4 Å². The summed E-state index contributed by atoms with van der Waals surface area (Å²) < 4.78 is 0. The molecule has 46 heavy (non-hydrogen) atoms. The maximum absolute atomic E-state index is 5.06. The van der Waals surface area contributed by atoms with Crippen molar-refractivity contribution in [1.82, 2.24) is 19.9 Å². The van der Waals surface area contributed by atoms with Gasteiger partial charge in [0.15, 0.2) is 17.5 Å². The number of benzene rings is 6. The highest BCUT2D eigenvalue weighted by molar-refractivity contribution is 5.98. The van der Waals surface area contributed by atoms with Gasteiger partial charge in [0.05, 0.1) is 5.69 Å². The minimum atomic E-state index is 0.622. The molecule has 0 spiro atoms. The Balaban J connectivity index is 1.37. The van der Waals surface area contributed by atoms with Crippen molar-refractivity contribution in [3.63, 3.8) is 0 Å². The van der Waals surface area contributed by atoms with Crippen LogP contribution in [0.25, 0.3) is 78.4 Å². The first-order chi connectivity index (χ1) is 22.8. The first-order valence-corrected chi connectivity index (χ1v) is 15.3. The van der Waals surface area contributed by atoms with E-state index in [4.69, 9.17) is 15.0 Å². The van der Waals surface area contributed by atoms with Gasteiger partial charge in [0.25, 0.3) is 0 Å². The first-order valence-electron chi connectivity index (χ1n) is 15.3. The second-order valence-electron chi connectivity index (χ2n) is 11.2. The van der Waals surface area contributed by atoms with Gasteiger partial charge < -0.3 is 0 Å². The third kappa shape index (κ3) is 5.44. The molecule has 0 unspecified atom stereocenters. The van der Waals surface area contributed by atoms with Crippen molar-refractivity contribution in [1.29, 1.82) is 0 Å². The van der Waals surface area contributed by atoms with Gasteiger partial charge >= 0.3 is 0 Å². The van der Waals surface area contributed by atoms with E-state index in [1.54, 1.807) is 0 Å². The molecule has 0 radical (unpaired) electrons. The summed E-state index contributed by atoms with van der Waals surface area (Å²) in [5, 5.41) is 2.39. The molecule has 4 heteroatoms. The Kier molecular flexibility index (Phi) is 7.14. The molecule has 2 heterocycles. The van der Waals surface area contributed by atoms with Crippen molar-refractivity contribution in [2.75, 3.05) is 0 Å². The quantitative estimate of drug-likeness (QED) is 0.194. The predicted octanol–water partition coefficient (Wildman–Crippen LogP) is 10.4. The molecule has 6 aromatic carbocycles. The number of fused-ring (bicyclic) bond motifs is 1. The molecule has 0 aliphatic carbocycles. The zero-order chi connectivity index (χ0) is 30.7. The maximum atomic E-state index is 5.06. The fraction of sp³-hybridized carbons (Fsp3) is 0. The molecule has 216 valence electrons. The summed E-state index contributed by atoms with van der Waals surface area (Å²) >= 11 is 0. The topological polar surface area (TPSA) is 51.6 Å². The number of hydrogen-bond donors (Lipinski definition) is 0. The van der Waals surface area contributed by atoms with Crippen LogP contribution in [-0.4, -0.2) is 19.9 Å². The summed E-state index contributed by atoms with van der Waals surface area (Å²) in [7, 11) is 0. The van der Waals surface area contributed by atoms with Crippen molar-refractivity contribution in [3.8, 4) is 67.7 Å². The van der Waals surface area contributed by atoms with Crippen LogP contribution in [0.2, 0.25) is 0 Å². The Morgan fingerprint density at radius 2 is 0.848 bits per heavy atom. The standard InChI is InChI=1S/C42H28N4/c1-3-14-30(15-4-1)40-44-41(31-16-5-2-6-17-31)46-42(45-40)36-27-34(32-19-11-20-33(25-32)39-23-9-10-24-43-39)26-35(28-36)38-22-12-18-29-13-7-8-21-37(29)38/h1-28H. The summed E-state index contributed by atoms with van der Waals surface area (Å²) in [6, 6.07) is 56.4. The lowest BCUT2D eigenvalue weighted by molar-refractivity contribution is 1.07. The molecular weight excluding hydrogens is 560 g/mol. The summed E-state index contributed by atoms with van der Waals surface area (Å²) in [6.07, 6.45) is 1.83.